The van der Waals surface area contributed by atoms with Crippen LogP contribution in [-0.4, -0.2) is 36.6 Å². The molecule has 33 heavy (non-hydrogen) atoms. The molecule has 0 aromatic heterocycles. The van der Waals surface area contributed by atoms with Gasteiger partial charge in [-0.15, -0.1) is 0 Å². The minimum Gasteiger partial charge on any atom is -0.274 e. The fourth-order valence-electron chi connectivity index (χ4n) is 5.13. The van der Waals surface area contributed by atoms with Crippen molar-refractivity contribution in [3.8, 4) is 0 Å². The summed E-state index contributed by atoms with van der Waals surface area (Å²) in [6.45, 7) is 7.44. The Morgan fingerprint density at radius 3 is 2.03 bits per heavy atom. The number of amides is 2. The first-order valence-electron chi connectivity index (χ1n) is 11.3. The summed E-state index contributed by atoms with van der Waals surface area (Å²) >= 11 is 3.37. The summed E-state index contributed by atoms with van der Waals surface area (Å²) in [6.07, 6.45) is 3.06. The fraction of sp³-hybridized carbons (Fsp3) is 0.440. The van der Waals surface area contributed by atoms with Gasteiger partial charge in [0.15, 0.2) is 0 Å². The molecule has 2 aromatic carbocycles. The Labute approximate surface area is 204 Å². The maximum atomic E-state index is 14.2. The molecule has 1 saturated heterocycles. The molecule has 2 aromatic rings. The third-order valence-electron chi connectivity index (χ3n) is 7.03. The lowest BCUT2D eigenvalue weighted by Gasteiger charge is -2.33. The Kier molecular flexibility index (Phi) is 6.55. The van der Waals surface area contributed by atoms with E-state index in [1.165, 1.54) is 4.31 Å². The standard InChI is InChI=1S/C25H29BrN2O4S/c1-15-13-16(2)18(4)24(17(15)3)33(31,32)28(21-7-5-6-8-21)22-14-23(29)27(25(22)30)20-11-9-19(26)10-12-20/h9-13,21-22H,5-8,14H2,1-4H3. The molecule has 176 valence electrons. The minimum absolute atomic E-state index is 0.145. The van der Waals surface area contributed by atoms with E-state index in [1.807, 2.05) is 33.8 Å². The largest absolute Gasteiger partial charge is 0.274 e. The Hall–Kier alpha value is -2.03. The summed E-state index contributed by atoms with van der Waals surface area (Å²) in [5, 5.41) is 0. The van der Waals surface area contributed by atoms with Crippen LogP contribution in [0.1, 0.15) is 54.4 Å². The minimum atomic E-state index is -4.02. The number of halogens is 1. The predicted octanol–water partition coefficient (Wildman–Crippen LogP) is 4.95. The van der Waals surface area contributed by atoms with Crippen molar-refractivity contribution in [2.24, 2.45) is 0 Å². The summed E-state index contributed by atoms with van der Waals surface area (Å²) in [6, 6.07) is 7.57. The summed E-state index contributed by atoms with van der Waals surface area (Å²) in [7, 11) is -4.02. The maximum Gasteiger partial charge on any atom is 0.252 e. The monoisotopic (exact) mass is 532 g/mol. The second-order valence-electron chi connectivity index (χ2n) is 9.13. The lowest BCUT2D eigenvalue weighted by atomic mass is 10.0. The van der Waals surface area contributed by atoms with E-state index in [0.29, 0.717) is 29.7 Å². The quantitative estimate of drug-likeness (QED) is 0.510. The van der Waals surface area contributed by atoms with Crippen LogP contribution in [0, 0.1) is 27.7 Å². The highest BCUT2D eigenvalue weighted by atomic mass is 79.9. The molecule has 2 aliphatic rings. The number of anilines is 1. The molecule has 0 N–H and O–H groups in total. The van der Waals surface area contributed by atoms with Crippen LogP contribution < -0.4 is 4.90 Å². The van der Waals surface area contributed by atoms with Crippen molar-refractivity contribution in [2.45, 2.75) is 76.8 Å². The van der Waals surface area contributed by atoms with Crippen molar-refractivity contribution in [3.63, 3.8) is 0 Å². The molecular formula is C25H29BrN2O4S. The second kappa shape index (κ2) is 8.96. The van der Waals surface area contributed by atoms with Gasteiger partial charge in [0, 0.05) is 10.5 Å². The fourth-order valence-corrected chi connectivity index (χ4v) is 7.80. The highest BCUT2D eigenvalue weighted by molar-refractivity contribution is 9.10. The van der Waals surface area contributed by atoms with E-state index < -0.39 is 22.0 Å². The number of aryl methyl sites for hydroxylation is 2. The number of benzene rings is 2. The van der Waals surface area contributed by atoms with Gasteiger partial charge in [0.1, 0.15) is 6.04 Å². The maximum absolute atomic E-state index is 14.2. The molecule has 0 radical (unpaired) electrons. The number of sulfonamides is 1. The van der Waals surface area contributed by atoms with Gasteiger partial charge in [0.2, 0.25) is 15.9 Å². The van der Waals surface area contributed by atoms with Crippen molar-refractivity contribution in [3.05, 3.63) is 57.1 Å². The molecule has 1 atom stereocenters. The summed E-state index contributed by atoms with van der Waals surface area (Å²) in [5.74, 6) is -0.850. The first-order valence-corrected chi connectivity index (χ1v) is 13.5. The van der Waals surface area contributed by atoms with Gasteiger partial charge in [-0.25, -0.2) is 13.3 Å². The van der Waals surface area contributed by atoms with Crippen LogP contribution in [0.2, 0.25) is 0 Å². The van der Waals surface area contributed by atoms with Crippen molar-refractivity contribution in [1.29, 1.82) is 0 Å². The van der Waals surface area contributed by atoms with E-state index >= 15 is 0 Å². The zero-order valence-corrected chi connectivity index (χ0v) is 21.8. The summed E-state index contributed by atoms with van der Waals surface area (Å²) in [5.41, 5.74) is 3.64. The van der Waals surface area contributed by atoms with Crippen molar-refractivity contribution in [2.75, 3.05) is 4.90 Å². The number of nitrogens with zero attached hydrogens (tertiary/aromatic N) is 2. The van der Waals surface area contributed by atoms with Gasteiger partial charge in [0.25, 0.3) is 5.91 Å². The molecule has 1 heterocycles. The molecule has 4 rings (SSSR count). The third kappa shape index (κ3) is 4.17. The Morgan fingerprint density at radius 1 is 0.939 bits per heavy atom. The van der Waals surface area contributed by atoms with Crippen molar-refractivity contribution < 1.29 is 18.0 Å². The van der Waals surface area contributed by atoms with Crippen LogP contribution in [-0.2, 0) is 19.6 Å². The molecule has 0 spiro atoms. The molecule has 2 fully saturated rings. The average Bonchev–Trinajstić information content (AvgIpc) is 3.36. The SMILES string of the molecule is Cc1cc(C)c(C)c(S(=O)(=O)N(C2CCCC2)C2CC(=O)N(c3ccc(Br)cc3)C2=O)c1C. The Bertz CT molecular complexity index is 1190. The Balaban J connectivity index is 1.82. The van der Waals surface area contributed by atoms with Gasteiger partial charge >= 0.3 is 0 Å². The lowest BCUT2D eigenvalue weighted by molar-refractivity contribution is -0.122. The van der Waals surface area contributed by atoms with Crippen molar-refractivity contribution in [1.82, 2.24) is 4.31 Å². The molecule has 8 heteroatoms. The van der Waals surface area contributed by atoms with E-state index in [2.05, 4.69) is 15.9 Å². The summed E-state index contributed by atoms with van der Waals surface area (Å²) < 4.78 is 30.7. The van der Waals surface area contributed by atoms with Gasteiger partial charge in [-0.1, -0.05) is 34.8 Å². The molecule has 1 aliphatic heterocycles. The smallest absolute Gasteiger partial charge is 0.252 e. The van der Waals surface area contributed by atoms with Gasteiger partial charge in [-0.05, 0) is 87.1 Å². The lowest BCUT2D eigenvalue weighted by Crippen LogP contribution is -2.50. The average molecular weight is 533 g/mol. The molecular weight excluding hydrogens is 504 g/mol. The number of carbonyl (C=O) groups is 2. The normalized spacial score (nSPS) is 19.8. The predicted molar refractivity (Wildman–Crippen MR) is 132 cm³/mol. The number of hydrogen-bond donors (Lipinski definition) is 0. The van der Waals surface area contributed by atoms with Crippen LogP contribution >= 0.6 is 15.9 Å². The topological polar surface area (TPSA) is 74.8 Å². The number of carbonyl (C=O) groups excluding carboxylic acids is 2. The first kappa shape index (κ1) is 24.1. The van der Waals surface area contributed by atoms with Crippen LogP contribution in [0.15, 0.2) is 39.7 Å². The number of hydrogen-bond acceptors (Lipinski definition) is 4. The molecule has 0 bridgehead atoms. The van der Waals surface area contributed by atoms with E-state index in [4.69, 9.17) is 0 Å². The highest BCUT2D eigenvalue weighted by Gasteiger charge is 2.50. The third-order valence-corrected chi connectivity index (χ3v) is 9.80. The van der Waals surface area contributed by atoms with E-state index in [1.54, 1.807) is 24.3 Å². The van der Waals surface area contributed by atoms with Crippen LogP contribution in [0.5, 0.6) is 0 Å². The van der Waals surface area contributed by atoms with Crippen molar-refractivity contribution >= 4 is 43.5 Å². The van der Waals surface area contributed by atoms with E-state index in [-0.39, 0.29) is 23.3 Å². The zero-order valence-electron chi connectivity index (χ0n) is 19.4. The Morgan fingerprint density at radius 2 is 1.48 bits per heavy atom. The molecule has 1 unspecified atom stereocenters. The van der Waals surface area contributed by atoms with E-state index in [9.17, 15) is 18.0 Å². The molecule has 1 saturated carbocycles. The van der Waals surface area contributed by atoms with E-state index in [0.717, 1.165) is 33.3 Å². The van der Waals surface area contributed by atoms with Gasteiger partial charge < -0.3 is 0 Å². The zero-order chi connectivity index (χ0) is 24.1. The van der Waals surface area contributed by atoms with Crippen LogP contribution in [0.4, 0.5) is 5.69 Å². The van der Waals surface area contributed by atoms with Crippen LogP contribution in [0.3, 0.4) is 0 Å². The van der Waals surface area contributed by atoms with Crippen LogP contribution in [0.25, 0.3) is 0 Å². The highest BCUT2D eigenvalue weighted by Crippen LogP contribution is 2.38. The molecule has 1 aliphatic carbocycles. The molecule has 6 nitrogen and oxygen atoms in total. The van der Waals surface area contributed by atoms with Gasteiger partial charge in [-0.3, -0.25) is 9.59 Å². The number of imide groups is 1. The van der Waals surface area contributed by atoms with Gasteiger partial charge in [0.05, 0.1) is 17.0 Å². The first-order chi connectivity index (χ1) is 15.5. The summed E-state index contributed by atoms with van der Waals surface area (Å²) in [4.78, 5) is 28.0. The number of rotatable bonds is 5. The molecule has 2 amide bonds. The second-order valence-corrected chi connectivity index (χ2v) is 11.8. The van der Waals surface area contributed by atoms with Gasteiger partial charge in [-0.2, -0.15) is 4.31 Å².